The second kappa shape index (κ2) is 7.33. The van der Waals surface area contributed by atoms with Gasteiger partial charge in [0.25, 0.3) is 0 Å². The number of rotatable bonds is 6. The van der Waals surface area contributed by atoms with Crippen LogP contribution >= 0.6 is 11.3 Å². The van der Waals surface area contributed by atoms with E-state index in [1.54, 1.807) is 11.3 Å². The Bertz CT molecular complexity index is 590. The van der Waals surface area contributed by atoms with E-state index in [4.69, 9.17) is 5.73 Å². The molecule has 2 rings (SSSR count). The van der Waals surface area contributed by atoms with Crippen molar-refractivity contribution < 1.29 is 4.79 Å². The summed E-state index contributed by atoms with van der Waals surface area (Å²) in [5.41, 5.74) is 8.94. The Morgan fingerprint density at radius 2 is 2.10 bits per heavy atom. The lowest BCUT2D eigenvalue weighted by Gasteiger charge is -2.07. The quantitative estimate of drug-likeness (QED) is 0.861. The largest absolute Gasteiger partial charge is 0.356 e. The molecule has 0 saturated carbocycles. The predicted octanol–water partition coefficient (Wildman–Crippen LogP) is 2.51. The van der Waals surface area contributed by atoms with Gasteiger partial charge in [-0.1, -0.05) is 24.3 Å². The lowest BCUT2D eigenvalue weighted by Crippen LogP contribution is -2.31. The number of thiazole rings is 1. The molecule has 21 heavy (non-hydrogen) atoms. The summed E-state index contributed by atoms with van der Waals surface area (Å²) >= 11 is 1.66. The smallest absolute Gasteiger partial charge is 0.221 e. The van der Waals surface area contributed by atoms with Gasteiger partial charge >= 0.3 is 0 Å². The fourth-order valence-electron chi connectivity index (χ4n) is 2.05. The average Bonchev–Trinajstić information content (AvgIpc) is 2.85. The van der Waals surface area contributed by atoms with Gasteiger partial charge in [-0.25, -0.2) is 4.98 Å². The molecule has 1 aromatic carbocycles. The summed E-state index contributed by atoms with van der Waals surface area (Å²) in [4.78, 5) is 16.0. The zero-order valence-corrected chi connectivity index (χ0v) is 13.2. The molecule has 0 spiro atoms. The summed E-state index contributed by atoms with van der Waals surface area (Å²) < 4.78 is 0. The Morgan fingerprint density at radius 3 is 2.67 bits per heavy atom. The number of carbonyl (C=O) groups excluding carboxylic acids is 1. The topological polar surface area (TPSA) is 68.0 Å². The molecule has 1 aromatic heterocycles. The third-order valence-corrected chi connectivity index (χ3v) is 3.89. The molecule has 0 aliphatic carbocycles. The summed E-state index contributed by atoms with van der Waals surface area (Å²) in [6.07, 6.45) is 1.20. The molecule has 1 amide bonds. The molecule has 0 saturated heterocycles. The number of nitrogens with two attached hydrogens (primary N) is 1. The Balaban J connectivity index is 1.84. The summed E-state index contributed by atoms with van der Waals surface area (Å²) in [6.45, 7) is 4.48. The highest BCUT2D eigenvalue weighted by atomic mass is 32.1. The van der Waals surface area contributed by atoms with Crippen molar-refractivity contribution in [2.24, 2.45) is 5.73 Å². The van der Waals surface area contributed by atoms with Crippen molar-refractivity contribution in [1.82, 2.24) is 10.3 Å². The van der Waals surface area contributed by atoms with E-state index in [1.165, 1.54) is 5.56 Å². The van der Waals surface area contributed by atoms with E-state index in [2.05, 4.69) is 39.9 Å². The first-order chi connectivity index (χ1) is 10.0. The molecule has 0 aliphatic rings. The van der Waals surface area contributed by atoms with Crippen LogP contribution in [0.4, 0.5) is 0 Å². The standard InChI is InChI=1S/C16H21N3OS/c1-11(17)9-16(20)18-8-7-13-3-5-14(6-4-13)15-10-21-12(2)19-15/h3-6,10-11H,7-9,17H2,1-2H3,(H,18,20). The molecular weight excluding hydrogens is 282 g/mol. The van der Waals surface area contributed by atoms with E-state index in [-0.39, 0.29) is 11.9 Å². The van der Waals surface area contributed by atoms with Gasteiger partial charge in [0.1, 0.15) is 0 Å². The molecule has 0 bridgehead atoms. The summed E-state index contributed by atoms with van der Waals surface area (Å²) in [5, 5.41) is 6.03. The first kappa shape index (κ1) is 15.7. The number of hydrogen-bond donors (Lipinski definition) is 2. The van der Waals surface area contributed by atoms with Crippen LogP contribution in [0.15, 0.2) is 29.6 Å². The van der Waals surface area contributed by atoms with Gasteiger partial charge in [-0.3, -0.25) is 4.79 Å². The maximum Gasteiger partial charge on any atom is 0.221 e. The van der Waals surface area contributed by atoms with Gasteiger partial charge in [0.2, 0.25) is 5.91 Å². The van der Waals surface area contributed by atoms with Crippen LogP contribution in [-0.4, -0.2) is 23.5 Å². The van der Waals surface area contributed by atoms with E-state index >= 15 is 0 Å². The number of benzene rings is 1. The van der Waals surface area contributed by atoms with Crippen molar-refractivity contribution in [3.05, 3.63) is 40.2 Å². The van der Waals surface area contributed by atoms with Crippen LogP contribution in [-0.2, 0) is 11.2 Å². The van der Waals surface area contributed by atoms with Crippen molar-refractivity contribution in [3.63, 3.8) is 0 Å². The molecule has 2 aromatic rings. The highest BCUT2D eigenvalue weighted by Gasteiger charge is 2.05. The number of amides is 1. The van der Waals surface area contributed by atoms with Gasteiger partial charge in [0.05, 0.1) is 10.7 Å². The molecule has 4 nitrogen and oxygen atoms in total. The third kappa shape index (κ3) is 4.95. The molecule has 1 unspecified atom stereocenters. The second-order valence-electron chi connectivity index (χ2n) is 5.23. The van der Waals surface area contributed by atoms with Gasteiger partial charge in [0.15, 0.2) is 0 Å². The van der Waals surface area contributed by atoms with E-state index in [9.17, 15) is 4.79 Å². The molecule has 0 fully saturated rings. The van der Waals surface area contributed by atoms with Crippen LogP contribution in [0, 0.1) is 6.92 Å². The van der Waals surface area contributed by atoms with Crippen molar-refractivity contribution in [2.75, 3.05) is 6.54 Å². The summed E-state index contributed by atoms with van der Waals surface area (Å²) in [6, 6.07) is 8.23. The highest BCUT2D eigenvalue weighted by molar-refractivity contribution is 7.09. The Kier molecular flexibility index (Phi) is 5.47. The van der Waals surface area contributed by atoms with Crippen molar-refractivity contribution in [2.45, 2.75) is 32.7 Å². The molecule has 1 atom stereocenters. The van der Waals surface area contributed by atoms with Gasteiger partial charge in [-0.2, -0.15) is 0 Å². The lowest BCUT2D eigenvalue weighted by molar-refractivity contribution is -0.121. The zero-order chi connectivity index (χ0) is 15.2. The fraction of sp³-hybridized carbons (Fsp3) is 0.375. The summed E-state index contributed by atoms with van der Waals surface area (Å²) in [7, 11) is 0. The molecule has 112 valence electrons. The predicted molar refractivity (Wildman–Crippen MR) is 87.3 cm³/mol. The number of aromatic nitrogens is 1. The molecule has 5 heteroatoms. The normalized spacial score (nSPS) is 12.1. The number of aryl methyl sites for hydroxylation is 1. The molecule has 0 radical (unpaired) electrons. The summed E-state index contributed by atoms with van der Waals surface area (Å²) in [5.74, 6) is 0.0135. The fourth-order valence-corrected chi connectivity index (χ4v) is 2.67. The third-order valence-electron chi connectivity index (χ3n) is 3.11. The van der Waals surface area contributed by atoms with E-state index in [1.807, 2.05) is 13.8 Å². The first-order valence-corrected chi connectivity index (χ1v) is 7.96. The van der Waals surface area contributed by atoms with Gasteiger partial charge in [-0.15, -0.1) is 11.3 Å². The number of carbonyl (C=O) groups is 1. The van der Waals surface area contributed by atoms with Crippen LogP contribution in [0.1, 0.15) is 23.9 Å². The van der Waals surface area contributed by atoms with Crippen LogP contribution in [0.25, 0.3) is 11.3 Å². The lowest BCUT2D eigenvalue weighted by atomic mass is 10.1. The second-order valence-corrected chi connectivity index (χ2v) is 6.29. The minimum Gasteiger partial charge on any atom is -0.356 e. The van der Waals surface area contributed by atoms with Crippen LogP contribution in [0.3, 0.4) is 0 Å². The number of hydrogen-bond acceptors (Lipinski definition) is 4. The van der Waals surface area contributed by atoms with Crippen molar-refractivity contribution >= 4 is 17.2 Å². The highest BCUT2D eigenvalue weighted by Crippen LogP contribution is 2.21. The molecule has 3 N–H and O–H groups in total. The Morgan fingerprint density at radius 1 is 1.38 bits per heavy atom. The van der Waals surface area contributed by atoms with E-state index < -0.39 is 0 Å². The van der Waals surface area contributed by atoms with Crippen molar-refractivity contribution in [1.29, 1.82) is 0 Å². The Hall–Kier alpha value is -1.72. The number of nitrogens with one attached hydrogen (secondary N) is 1. The molecule has 1 heterocycles. The van der Waals surface area contributed by atoms with E-state index in [0.29, 0.717) is 13.0 Å². The van der Waals surface area contributed by atoms with Crippen LogP contribution in [0.2, 0.25) is 0 Å². The first-order valence-electron chi connectivity index (χ1n) is 7.08. The minimum absolute atomic E-state index is 0.0135. The van der Waals surface area contributed by atoms with E-state index in [0.717, 1.165) is 22.7 Å². The molecular formula is C16H21N3OS. The zero-order valence-electron chi connectivity index (χ0n) is 12.4. The van der Waals surface area contributed by atoms with Gasteiger partial charge in [0, 0.05) is 30.0 Å². The maximum atomic E-state index is 11.5. The van der Waals surface area contributed by atoms with Crippen LogP contribution in [0.5, 0.6) is 0 Å². The van der Waals surface area contributed by atoms with Crippen molar-refractivity contribution in [3.8, 4) is 11.3 Å². The average molecular weight is 303 g/mol. The monoisotopic (exact) mass is 303 g/mol. The maximum absolute atomic E-state index is 11.5. The van der Waals surface area contributed by atoms with Gasteiger partial charge < -0.3 is 11.1 Å². The molecule has 0 aliphatic heterocycles. The SMILES string of the molecule is Cc1nc(-c2ccc(CCNC(=O)CC(C)N)cc2)cs1. The minimum atomic E-state index is -0.0918. The van der Waals surface area contributed by atoms with Crippen LogP contribution < -0.4 is 11.1 Å². The number of nitrogens with zero attached hydrogens (tertiary/aromatic N) is 1. The van der Waals surface area contributed by atoms with Gasteiger partial charge in [-0.05, 0) is 25.8 Å². The Labute approximate surface area is 129 Å².